The van der Waals surface area contributed by atoms with Gasteiger partial charge < -0.3 is 11.1 Å². The lowest BCUT2D eigenvalue weighted by Crippen LogP contribution is -2.42. The summed E-state index contributed by atoms with van der Waals surface area (Å²) in [5.41, 5.74) is 6.34. The fourth-order valence-electron chi connectivity index (χ4n) is 3.53. The highest BCUT2D eigenvalue weighted by molar-refractivity contribution is 9.10. The smallest absolute Gasteiger partial charge is 0.229 e. The number of carbonyl (C=O) groups excluding carboxylic acids is 1. The van der Waals surface area contributed by atoms with Crippen LogP contribution in [0.1, 0.15) is 19.3 Å². The maximum atomic E-state index is 13.6. The Morgan fingerprint density at radius 3 is 2.79 bits per heavy atom. The molecule has 5 heteroatoms. The van der Waals surface area contributed by atoms with E-state index >= 15 is 0 Å². The van der Waals surface area contributed by atoms with Gasteiger partial charge in [-0.1, -0.05) is 15.9 Å². The molecule has 2 fully saturated rings. The van der Waals surface area contributed by atoms with Crippen molar-refractivity contribution in [1.29, 1.82) is 0 Å². The van der Waals surface area contributed by atoms with Crippen LogP contribution in [0.3, 0.4) is 0 Å². The minimum Gasteiger partial charge on any atom is -0.327 e. The van der Waals surface area contributed by atoms with E-state index in [0.29, 0.717) is 11.8 Å². The van der Waals surface area contributed by atoms with Crippen molar-refractivity contribution in [3.05, 3.63) is 28.5 Å². The second kappa shape index (κ2) is 4.87. The minimum absolute atomic E-state index is 0.0750. The van der Waals surface area contributed by atoms with Gasteiger partial charge in [-0.25, -0.2) is 4.39 Å². The first-order valence-electron chi connectivity index (χ1n) is 6.58. The second-order valence-corrected chi connectivity index (χ2v) is 6.47. The third kappa shape index (κ3) is 2.30. The lowest BCUT2D eigenvalue weighted by molar-refractivity contribution is -0.121. The van der Waals surface area contributed by atoms with E-state index in [4.69, 9.17) is 5.73 Å². The quantitative estimate of drug-likeness (QED) is 0.878. The fourth-order valence-corrected chi connectivity index (χ4v) is 3.90. The molecule has 102 valence electrons. The summed E-state index contributed by atoms with van der Waals surface area (Å²) in [5, 5.41) is 2.68. The van der Waals surface area contributed by atoms with E-state index in [0.717, 1.165) is 23.7 Å². The molecule has 0 saturated heterocycles. The van der Waals surface area contributed by atoms with Gasteiger partial charge in [-0.2, -0.15) is 0 Å². The fraction of sp³-hybridized carbons (Fsp3) is 0.500. The number of nitrogens with one attached hydrogen (secondary N) is 1. The van der Waals surface area contributed by atoms with E-state index in [2.05, 4.69) is 21.2 Å². The Morgan fingerprint density at radius 2 is 2.11 bits per heavy atom. The molecule has 1 aromatic rings. The molecule has 0 spiro atoms. The lowest BCUT2D eigenvalue weighted by Gasteiger charge is -2.27. The van der Waals surface area contributed by atoms with Crippen LogP contribution < -0.4 is 11.1 Å². The summed E-state index contributed by atoms with van der Waals surface area (Å²) in [6.07, 6.45) is 3.23. The number of benzene rings is 1. The number of fused-ring (bicyclic) bond motifs is 2. The van der Waals surface area contributed by atoms with Gasteiger partial charge in [-0.3, -0.25) is 4.79 Å². The number of amides is 1. The molecule has 0 aliphatic heterocycles. The molecule has 4 atom stereocenters. The maximum absolute atomic E-state index is 13.6. The molecule has 2 aliphatic rings. The van der Waals surface area contributed by atoms with Crippen LogP contribution in [0, 0.1) is 23.6 Å². The van der Waals surface area contributed by atoms with Crippen molar-refractivity contribution in [3.63, 3.8) is 0 Å². The minimum atomic E-state index is -0.423. The highest BCUT2D eigenvalue weighted by atomic mass is 79.9. The van der Waals surface area contributed by atoms with Crippen LogP contribution in [0.25, 0.3) is 0 Å². The predicted molar refractivity (Wildman–Crippen MR) is 75.0 cm³/mol. The molecule has 1 aromatic carbocycles. The molecule has 19 heavy (non-hydrogen) atoms. The summed E-state index contributed by atoms with van der Waals surface area (Å²) in [5.74, 6) is 0.102. The van der Waals surface area contributed by atoms with Gasteiger partial charge in [-0.05, 0) is 49.3 Å². The van der Waals surface area contributed by atoms with Gasteiger partial charge in [0.25, 0.3) is 0 Å². The average Bonchev–Trinajstić information content (AvgIpc) is 2.94. The van der Waals surface area contributed by atoms with Crippen molar-refractivity contribution in [2.24, 2.45) is 23.5 Å². The molecule has 2 aliphatic carbocycles. The molecular weight excluding hydrogens is 311 g/mol. The van der Waals surface area contributed by atoms with Crippen molar-refractivity contribution in [1.82, 2.24) is 0 Å². The van der Waals surface area contributed by atoms with E-state index in [1.54, 1.807) is 12.1 Å². The first-order chi connectivity index (χ1) is 9.06. The van der Waals surface area contributed by atoms with Crippen LogP contribution in [0.2, 0.25) is 0 Å². The number of halogens is 2. The van der Waals surface area contributed by atoms with Gasteiger partial charge in [0, 0.05) is 10.5 Å². The lowest BCUT2D eigenvalue weighted by atomic mass is 9.84. The van der Waals surface area contributed by atoms with Gasteiger partial charge in [0.15, 0.2) is 0 Å². The van der Waals surface area contributed by atoms with Crippen LogP contribution in [0.5, 0.6) is 0 Å². The number of carbonyl (C=O) groups is 1. The number of hydrogen-bond donors (Lipinski definition) is 2. The molecule has 0 aromatic heterocycles. The van der Waals surface area contributed by atoms with Crippen LogP contribution >= 0.6 is 15.9 Å². The number of nitrogens with two attached hydrogens (primary N) is 1. The average molecular weight is 327 g/mol. The summed E-state index contributed by atoms with van der Waals surface area (Å²) in [4.78, 5) is 12.3. The molecular formula is C14H16BrFN2O. The van der Waals surface area contributed by atoms with Crippen LogP contribution in [0.4, 0.5) is 10.1 Å². The normalized spacial score (nSPS) is 32.6. The van der Waals surface area contributed by atoms with E-state index in [1.165, 1.54) is 6.07 Å². The predicted octanol–water partition coefficient (Wildman–Crippen LogP) is 2.90. The molecule has 0 radical (unpaired) electrons. The molecule has 3 rings (SSSR count). The Kier molecular flexibility index (Phi) is 3.35. The summed E-state index contributed by atoms with van der Waals surface area (Å²) < 4.78 is 14.4. The van der Waals surface area contributed by atoms with E-state index in [9.17, 15) is 9.18 Å². The third-order valence-electron chi connectivity index (χ3n) is 4.47. The maximum Gasteiger partial charge on any atom is 0.229 e. The van der Waals surface area contributed by atoms with Crippen LogP contribution in [-0.4, -0.2) is 11.9 Å². The monoisotopic (exact) mass is 326 g/mol. The molecule has 3 nitrogen and oxygen atoms in total. The van der Waals surface area contributed by atoms with E-state index < -0.39 is 5.82 Å². The summed E-state index contributed by atoms with van der Waals surface area (Å²) in [6, 6.07) is 4.44. The highest BCUT2D eigenvalue weighted by Crippen LogP contribution is 2.47. The van der Waals surface area contributed by atoms with Crippen LogP contribution in [-0.2, 0) is 4.79 Å². The van der Waals surface area contributed by atoms with Gasteiger partial charge in [0.05, 0.1) is 11.6 Å². The van der Waals surface area contributed by atoms with Crippen molar-refractivity contribution in [3.8, 4) is 0 Å². The van der Waals surface area contributed by atoms with Crippen molar-refractivity contribution in [2.45, 2.75) is 25.3 Å². The van der Waals surface area contributed by atoms with Gasteiger partial charge in [-0.15, -0.1) is 0 Å². The topological polar surface area (TPSA) is 55.1 Å². The number of rotatable bonds is 2. The Labute approximate surface area is 119 Å². The Balaban J connectivity index is 1.77. The molecule has 2 saturated carbocycles. The molecule has 3 N–H and O–H groups in total. The third-order valence-corrected chi connectivity index (χ3v) is 4.96. The van der Waals surface area contributed by atoms with E-state index in [-0.39, 0.29) is 23.6 Å². The standard InChI is InChI=1S/C14H16BrFN2O/c15-9-3-4-10(16)11(6-9)18-14(19)12-7-1-2-8(5-7)13(12)17/h3-4,6-8,12-13H,1-2,5,17H2,(H,18,19). The zero-order chi connectivity index (χ0) is 13.6. The van der Waals surface area contributed by atoms with Gasteiger partial charge in [0.1, 0.15) is 5.82 Å². The zero-order valence-electron chi connectivity index (χ0n) is 10.4. The Morgan fingerprint density at radius 1 is 1.37 bits per heavy atom. The highest BCUT2D eigenvalue weighted by Gasteiger charge is 2.49. The largest absolute Gasteiger partial charge is 0.327 e. The summed E-state index contributed by atoms with van der Waals surface area (Å²) in [6.45, 7) is 0. The second-order valence-electron chi connectivity index (χ2n) is 5.55. The molecule has 4 unspecified atom stereocenters. The van der Waals surface area contributed by atoms with Crippen molar-refractivity contribution in [2.75, 3.05) is 5.32 Å². The molecule has 0 heterocycles. The molecule has 2 bridgehead atoms. The van der Waals surface area contributed by atoms with E-state index in [1.807, 2.05) is 0 Å². The van der Waals surface area contributed by atoms with Crippen molar-refractivity contribution >= 4 is 27.5 Å². The summed E-state index contributed by atoms with van der Waals surface area (Å²) >= 11 is 3.27. The SMILES string of the molecule is NC1C2CCC(C2)C1C(=O)Nc1cc(Br)ccc1F. The molecule has 1 amide bonds. The van der Waals surface area contributed by atoms with Crippen molar-refractivity contribution < 1.29 is 9.18 Å². The van der Waals surface area contributed by atoms with Gasteiger partial charge in [0.2, 0.25) is 5.91 Å². The van der Waals surface area contributed by atoms with Gasteiger partial charge >= 0.3 is 0 Å². The first-order valence-corrected chi connectivity index (χ1v) is 7.37. The Bertz CT molecular complexity index is 520. The Hall–Kier alpha value is -0.940. The zero-order valence-corrected chi connectivity index (χ0v) is 12.0. The first kappa shape index (κ1) is 13.1. The summed E-state index contributed by atoms with van der Waals surface area (Å²) in [7, 11) is 0. The van der Waals surface area contributed by atoms with Crippen LogP contribution in [0.15, 0.2) is 22.7 Å². The number of hydrogen-bond acceptors (Lipinski definition) is 2. The number of anilines is 1.